The van der Waals surface area contributed by atoms with E-state index in [1.165, 1.54) is 29.4 Å². The number of nitrogens with one attached hydrogen (secondary N) is 1. The molecule has 2 aromatic heterocycles. The lowest BCUT2D eigenvalue weighted by Crippen LogP contribution is -2.22. The predicted octanol–water partition coefficient (Wildman–Crippen LogP) is 3.45. The highest BCUT2D eigenvalue weighted by Gasteiger charge is 2.19. The second kappa shape index (κ2) is 6.90. The summed E-state index contributed by atoms with van der Waals surface area (Å²) in [6.07, 6.45) is 1.49. The normalized spacial score (nSPS) is 11.8. The SMILES string of the molecule is Cc1cc(S[C@@H](C)C(=O)Nc2sc(C)c(C)c2C#N)ncn1. The summed E-state index contributed by atoms with van der Waals surface area (Å²) in [5.74, 6) is -0.140. The molecule has 1 N–H and O–H groups in total. The molecule has 22 heavy (non-hydrogen) atoms. The van der Waals surface area contributed by atoms with Crippen LogP contribution in [0, 0.1) is 32.1 Å². The highest BCUT2D eigenvalue weighted by Crippen LogP contribution is 2.32. The maximum absolute atomic E-state index is 12.3. The Kier molecular flexibility index (Phi) is 5.16. The zero-order chi connectivity index (χ0) is 16.3. The van der Waals surface area contributed by atoms with E-state index in [1.807, 2.05) is 33.8 Å². The van der Waals surface area contributed by atoms with E-state index in [2.05, 4.69) is 21.4 Å². The first-order valence-electron chi connectivity index (χ1n) is 6.68. The van der Waals surface area contributed by atoms with Crippen molar-refractivity contribution in [1.82, 2.24) is 9.97 Å². The van der Waals surface area contributed by atoms with Crippen molar-refractivity contribution in [2.24, 2.45) is 0 Å². The second-order valence-electron chi connectivity index (χ2n) is 4.85. The Morgan fingerprint density at radius 3 is 2.77 bits per heavy atom. The summed E-state index contributed by atoms with van der Waals surface area (Å²) < 4.78 is 0. The van der Waals surface area contributed by atoms with Crippen LogP contribution in [0.4, 0.5) is 5.00 Å². The van der Waals surface area contributed by atoms with Crippen molar-refractivity contribution in [3.05, 3.63) is 34.1 Å². The van der Waals surface area contributed by atoms with Crippen LogP contribution in [-0.4, -0.2) is 21.1 Å². The minimum absolute atomic E-state index is 0.140. The third-order valence-corrected chi connectivity index (χ3v) is 5.33. The van der Waals surface area contributed by atoms with Crippen LogP contribution in [0.5, 0.6) is 0 Å². The van der Waals surface area contributed by atoms with Crippen LogP contribution >= 0.6 is 23.1 Å². The van der Waals surface area contributed by atoms with Crippen LogP contribution in [0.3, 0.4) is 0 Å². The van der Waals surface area contributed by atoms with Gasteiger partial charge in [0, 0.05) is 10.6 Å². The van der Waals surface area contributed by atoms with E-state index in [0.29, 0.717) is 10.6 Å². The standard InChI is InChI=1S/C15H16N4OS2/c1-8-5-13(18-7-17-8)21-11(4)14(20)19-15-12(6-16)9(2)10(3)22-15/h5,7,11H,1-4H3,(H,19,20)/t11-/m0/s1. The maximum Gasteiger partial charge on any atom is 0.238 e. The van der Waals surface area contributed by atoms with E-state index >= 15 is 0 Å². The molecule has 0 aliphatic rings. The van der Waals surface area contributed by atoms with Crippen LogP contribution in [-0.2, 0) is 4.79 Å². The Morgan fingerprint density at radius 2 is 2.14 bits per heavy atom. The predicted molar refractivity (Wildman–Crippen MR) is 89.2 cm³/mol. The number of nitriles is 1. The van der Waals surface area contributed by atoms with Crippen LogP contribution < -0.4 is 5.32 Å². The lowest BCUT2D eigenvalue weighted by molar-refractivity contribution is -0.115. The molecular formula is C15H16N4OS2. The van der Waals surface area contributed by atoms with E-state index < -0.39 is 0 Å². The van der Waals surface area contributed by atoms with Gasteiger partial charge in [0.2, 0.25) is 5.91 Å². The molecule has 0 fully saturated rings. The molecule has 1 atom stereocenters. The van der Waals surface area contributed by atoms with Gasteiger partial charge in [0.15, 0.2) is 0 Å². The number of carbonyl (C=O) groups excluding carboxylic acids is 1. The summed E-state index contributed by atoms with van der Waals surface area (Å²) in [7, 11) is 0. The molecule has 0 bridgehead atoms. The molecular weight excluding hydrogens is 316 g/mol. The summed E-state index contributed by atoms with van der Waals surface area (Å²) in [6.45, 7) is 7.53. The number of anilines is 1. The Morgan fingerprint density at radius 1 is 1.41 bits per heavy atom. The van der Waals surface area contributed by atoms with Gasteiger partial charge in [-0.05, 0) is 39.3 Å². The van der Waals surface area contributed by atoms with Gasteiger partial charge >= 0.3 is 0 Å². The molecule has 0 saturated heterocycles. The fourth-order valence-electron chi connectivity index (χ4n) is 1.79. The number of rotatable bonds is 4. The van der Waals surface area contributed by atoms with Crippen molar-refractivity contribution in [2.45, 2.75) is 38.0 Å². The highest BCUT2D eigenvalue weighted by atomic mass is 32.2. The average molecular weight is 332 g/mol. The number of thioether (sulfide) groups is 1. The van der Waals surface area contributed by atoms with Gasteiger partial charge in [-0.2, -0.15) is 5.26 Å². The summed E-state index contributed by atoms with van der Waals surface area (Å²) in [4.78, 5) is 21.5. The van der Waals surface area contributed by atoms with Crippen molar-refractivity contribution in [2.75, 3.05) is 5.32 Å². The number of hydrogen-bond donors (Lipinski definition) is 1. The van der Waals surface area contributed by atoms with Crippen molar-refractivity contribution in [3.63, 3.8) is 0 Å². The zero-order valence-corrected chi connectivity index (χ0v) is 14.4. The third-order valence-electron chi connectivity index (χ3n) is 3.18. The highest BCUT2D eigenvalue weighted by molar-refractivity contribution is 8.00. The molecule has 0 aliphatic heterocycles. The van der Waals surface area contributed by atoms with Crippen LogP contribution in [0.2, 0.25) is 0 Å². The molecule has 0 aromatic carbocycles. The molecule has 2 heterocycles. The van der Waals surface area contributed by atoms with Crippen LogP contribution in [0.1, 0.15) is 28.6 Å². The molecule has 7 heteroatoms. The van der Waals surface area contributed by atoms with Crippen LogP contribution in [0.25, 0.3) is 0 Å². The molecule has 1 amide bonds. The van der Waals surface area contributed by atoms with Crippen molar-refractivity contribution in [3.8, 4) is 6.07 Å². The second-order valence-corrected chi connectivity index (χ2v) is 7.43. The molecule has 2 aromatic rings. The molecule has 0 spiro atoms. The largest absolute Gasteiger partial charge is 0.316 e. The smallest absolute Gasteiger partial charge is 0.238 e. The summed E-state index contributed by atoms with van der Waals surface area (Å²) in [5.41, 5.74) is 2.34. The van der Waals surface area contributed by atoms with Gasteiger partial charge in [-0.25, -0.2) is 9.97 Å². The monoisotopic (exact) mass is 332 g/mol. The zero-order valence-electron chi connectivity index (χ0n) is 12.8. The van der Waals surface area contributed by atoms with Crippen molar-refractivity contribution >= 4 is 34.0 Å². The summed E-state index contributed by atoms with van der Waals surface area (Å²) >= 11 is 2.80. The lowest BCUT2D eigenvalue weighted by atomic mass is 10.2. The van der Waals surface area contributed by atoms with Gasteiger partial charge in [0.05, 0.1) is 10.8 Å². The number of aryl methyl sites for hydroxylation is 2. The van der Waals surface area contributed by atoms with Gasteiger partial charge in [0.1, 0.15) is 22.4 Å². The Hall–Kier alpha value is -1.91. The first kappa shape index (κ1) is 16.5. The van der Waals surface area contributed by atoms with Gasteiger partial charge in [-0.3, -0.25) is 4.79 Å². The topological polar surface area (TPSA) is 78.7 Å². The van der Waals surface area contributed by atoms with Gasteiger partial charge in [-0.1, -0.05) is 11.8 Å². The molecule has 2 rings (SSSR count). The average Bonchev–Trinajstić information content (AvgIpc) is 2.73. The number of aromatic nitrogens is 2. The molecule has 0 saturated carbocycles. The first-order valence-corrected chi connectivity index (χ1v) is 8.38. The number of hydrogen-bond acceptors (Lipinski definition) is 6. The third kappa shape index (κ3) is 3.64. The first-order chi connectivity index (χ1) is 10.4. The lowest BCUT2D eigenvalue weighted by Gasteiger charge is -2.10. The van der Waals surface area contributed by atoms with Crippen molar-refractivity contribution < 1.29 is 4.79 Å². The number of thiophene rings is 1. The van der Waals surface area contributed by atoms with E-state index in [1.54, 1.807) is 0 Å². The van der Waals surface area contributed by atoms with Crippen molar-refractivity contribution in [1.29, 1.82) is 5.26 Å². The van der Waals surface area contributed by atoms with E-state index in [0.717, 1.165) is 21.2 Å². The Balaban J connectivity index is 2.09. The number of amides is 1. The van der Waals surface area contributed by atoms with Crippen LogP contribution in [0.15, 0.2) is 17.4 Å². The summed E-state index contributed by atoms with van der Waals surface area (Å²) in [5, 5.41) is 13.1. The summed E-state index contributed by atoms with van der Waals surface area (Å²) in [6, 6.07) is 4.00. The van der Waals surface area contributed by atoms with E-state index in [4.69, 9.17) is 0 Å². The van der Waals surface area contributed by atoms with Gasteiger partial charge in [0.25, 0.3) is 0 Å². The quantitative estimate of drug-likeness (QED) is 0.685. The minimum atomic E-state index is -0.316. The molecule has 114 valence electrons. The molecule has 0 radical (unpaired) electrons. The Labute approximate surface area is 137 Å². The fraction of sp³-hybridized carbons (Fsp3) is 0.333. The number of carbonyl (C=O) groups is 1. The maximum atomic E-state index is 12.3. The Bertz CT molecular complexity index is 748. The minimum Gasteiger partial charge on any atom is -0.316 e. The molecule has 0 aliphatic carbocycles. The number of nitrogens with zero attached hydrogens (tertiary/aromatic N) is 3. The molecule has 5 nitrogen and oxygen atoms in total. The molecule has 0 unspecified atom stereocenters. The van der Waals surface area contributed by atoms with E-state index in [-0.39, 0.29) is 11.2 Å². The van der Waals surface area contributed by atoms with Gasteiger partial charge < -0.3 is 5.32 Å². The fourth-order valence-corrected chi connectivity index (χ4v) is 3.68. The van der Waals surface area contributed by atoms with E-state index in [9.17, 15) is 10.1 Å². The van der Waals surface area contributed by atoms with Gasteiger partial charge in [-0.15, -0.1) is 11.3 Å².